The van der Waals surface area contributed by atoms with Crippen molar-refractivity contribution in [2.45, 2.75) is 32.2 Å². The number of amides is 1. The smallest absolute Gasteiger partial charge is 0.258 e. The molecule has 2 N–H and O–H groups in total. The van der Waals surface area contributed by atoms with Gasteiger partial charge >= 0.3 is 0 Å². The van der Waals surface area contributed by atoms with E-state index in [-0.39, 0.29) is 19.1 Å². The summed E-state index contributed by atoms with van der Waals surface area (Å²) in [6.45, 7) is 3.15. The van der Waals surface area contributed by atoms with Gasteiger partial charge in [-0.05, 0) is 49.1 Å². The molecule has 1 atom stereocenters. The molecule has 0 aliphatic heterocycles. The maximum Gasteiger partial charge on any atom is 0.258 e. The third kappa shape index (κ3) is 4.20. The highest BCUT2D eigenvalue weighted by molar-refractivity contribution is 5.77. The van der Waals surface area contributed by atoms with Crippen LogP contribution in [0.2, 0.25) is 0 Å². The van der Waals surface area contributed by atoms with Gasteiger partial charge in [0.2, 0.25) is 0 Å². The quantitative estimate of drug-likeness (QED) is 0.748. The molecular formula is C16H21N3O2. The van der Waals surface area contributed by atoms with E-state index in [9.17, 15) is 4.79 Å². The van der Waals surface area contributed by atoms with E-state index in [0.29, 0.717) is 11.8 Å². The topological polar surface area (TPSA) is 74.2 Å². The Hall–Kier alpha value is -2.06. The van der Waals surface area contributed by atoms with E-state index >= 15 is 0 Å². The maximum atomic E-state index is 11.4. The molecule has 1 aliphatic carbocycles. The molecular weight excluding hydrogens is 266 g/mol. The highest BCUT2D eigenvalue weighted by atomic mass is 16.5. The van der Waals surface area contributed by atoms with Gasteiger partial charge < -0.3 is 15.4 Å². The predicted octanol–water partition coefficient (Wildman–Crippen LogP) is 1.69. The molecule has 21 heavy (non-hydrogen) atoms. The molecule has 0 aromatic heterocycles. The Bertz CT molecular complexity index is 537. The summed E-state index contributed by atoms with van der Waals surface area (Å²) in [6.07, 6.45) is 3.28. The Labute approximate surface area is 125 Å². The van der Waals surface area contributed by atoms with Gasteiger partial charge in [-0.1, -0.05) is 13.0 Å². The lowest BCUT2D eigenvalue weighted by Crippen LogP contribution is -2.29. The van der Waals surface area contributed by atoms with Crippen molar-refractivity contribution in [3.8, 4) is 11.8 Å². The first-order valence-electron chi connectivity index (χ1n) is 7.37. The van der Waals surface area contributed by atoms with E-state index in [1.165, 1.54) is 11.1 Å². The van der Waals surface area contributed by atoms with Crippen LogP contribution < -0.4 is 15.4 Å². The zero-order valence-corrected chi connectivity index (χ0v) is 12.3. The molecule has 1 aromatic rings. The standard InChI is InChI=1S/C16H21N3O2/c1-2-8-18-15-6-3-12-10-13(4-5-14(12)15)21-11-16(20)19-9-7-17/h4-5,10,15,18H,2-3,6,8-9,11H2,1H3,(H,19,20). The number of fused-ring (bicyclic) bond motifs is 1. The Kier molecular flexibility index (Phi) is 5.59. The number of hydrogen-bond donors (Lipinski definition) is 2. The van der Waals surface area contributed by atoms with E-state index < -0.39 is 0 Å². The van der Waals surface area contributed by atoms with E-state index in [4.69, 9.17) is 10.00 Å². The summed E-state index contributed by atoms with van der Waals surface area (Å²) in [5.41, 5.74) is 2.63. The fourth-order valence-electron chi connectivity index (χ4n) is 2.55. The molecule has 0 bridgehead atoms. The number of nitrogens with one attached hydrogen (secondary N) is 2. The van der Waals surface area contributed by atoms with Crippen molar-refractivity contribution >= 4 is 5.91 Å². The summed E-state index contributed by atoms with van der Waals surface area (Å²) in [5.74, 6) is 0.427. The van der Waals surface area contributed by atoms with Crippen LogP contribution in [-0.2, 0) is 11.2 Å². The zero-order chi connectivity index (χ0) is 15.1. The van der Waals surface area contributed by atoms with Crippen molar-refractivity contribution in [3.05, 3.63) is 29.3 Å². The third-order valence-electron chi connectivity index (χ3n) is 3.57. The summed E-state index contributed by atoms with van der Waals surface area (Å²) in [6, 6.07) is 8.30. The Morgan fingerprint density at radius 3 is 3.14 bits per heavy atom. The number of nitriles is 1. The average Bonchev–Trinajstić information content (AvgIpc) is 2.91. The largest absolute Gasteiger partial charge is 0.484 e. The van der Waals surface area contributed by atoms with Crippen LogP contribution in [0.4, 0.5) is 0 Å². The second-order valence-electron chi connectivity index (χ2n) is 5.13. The summed E-state index contributed by atoms with van der Waals surface area (Å²) in [7, 11) is 0. The first-order chi connectivity index (χ1) is 10.2. The van der Waals surface area contributed by atoms with Crippen molar-refractivity contribution in [2.24, 2.45) is 0 Å². The lowest BCUT2D eigenvalue weighted by atomic mass is 10.1. The van der Waals surface area contributed by atoms with Gasteiger partial charge in [0.1, 0.15) is 12.3 Å². The molecule has 1 amide bonds. The van der Waals surface area contributed by atoms with Crippen molar-refractivity contribution in [1.82, 2.24) is 10.6 Å². The number of aryl methyl sites for hydroxylation is 1. The number of carbonyl (C=O) groups is 1. The van der Waals surface area contributed by atoms with Crippen molar-refractivity contribution in [1.29, 1.82) is 5.26 Å². The summed E-state index contributed by atoms with van der Waals surface area (Å²) < 4.78 is 5.46. The van der Waals surface area contributed by atoms with Gasteiger partial charge in [-0.15, -0.1) is 0 Å². The van der Waals surface area contributed by atoms with Gasteiger partial charge in [0.05, 0.1) is 6.07 Å². The molecule has 0 saturated heterocycles. The van der Waals surface area contributed by atoms with Crippen LogP contribution in [0.25, 0.3) is 0 Å². The van der Waals surface area contributed by atoms with Crippen molar-refractivity contribution in [2.75, 3.05) is 19.7 Å². The molecule has 0 spiro atoms. The minimum Gasteiger partial charge on any atom is -0.484 e. The molecule has 5 heteroatoms. The van der Waals surface area contributed by atoms with Crippen LogP contribution in [0.5, 0.6) is 5.75 Å². The minimum atomic E-state index is -0.278. The van der Waals surface area contributed by atoms with Crippen molar-refractivity contribution < 1.29 is 9.53 Å². The predicted molar refractivity (Wildman–Crippen MR) is 79.9 cm³/mol. The van der Waals surface area contributed by atoms with E-state index in [0.717, 1.165) is 25.8 Å². The molecule has 0 heterocycles. The molecule has 5 nitrogen and oxygen atoms in total. The number of benzene rings is 1. The molecule has 2 rings (SSSR count). The molecule has 0 saturated carbocycles. The maximum absolute atomic E-state index is 11.4. The van der Waals surface area contributed by atoms with Crippen LogP contribution in [0.3, 0.4) is 0 Å². The monoisotopic (exact) mass is 287 g/mol. The second kappa shape index (κ2) is 7.65. The second-order valence-corrected chi connectivity index (χ2v) is 5.13. The normalized spacial score (nSPS) is 16.1. The van der Waals surface area contributed by atoms with E-state index in [1.54, 1.807) is 0 Å². The average molecular weight is 287 g/mol. The van der Waals surface area contributed by atoms with Crippen LogP contribution in [0, 0.1) is 11.3 Å². The molecule has 112 valence electrons. The Balaban J connectivity index is 1.90. The zero-order valence-electron chi connectivity index (χ0n) is 12.3. The van der Waals surface area contributed by atoms with Gasteiger partial charge in [-0.3, -0.25) is 4.79 Å². The molecule has 0 radical (unpaired) electrons. The third-order valence-corrected chi connectivity index (χ3v) is 3.57. The van der Waals surface area contributed by atoms with E-state index in [2.05, 4.69) is 23.6 Å². The van der Waals surface area contributed by atoms with Gasteiger partial charge in [0.15, 0.2) is 6.61 Å². The highest BCUT2D eigenvalue weighted by Crippen LogP contribution is 2.33. The number of rotatable bonds is 7. The van der Waals surface area contributed by atoms with E-state index in [1.807, 2.05) is 18.2 Å². The minimum absolute atomic E-state index is 0.0111. The summed E-state index contributed by atoms with van der Waals surface area (Å²) in [5, 5.41) is 14.4. The number of hydrogen-bond acceptors (Lipinski definition) is 4. The van der Waals surface area contributed by atoms with Gasteiger partial charge in [0.25, 0.3) is 5.91 Å². The van der Waals surface area contributed by atoms with Crippen LogP contribution in [-0.4, -0.2) is 25.6 Å². The fraction of sp³-hybridized carbons (Fsp3) is 0.500. The summed E-state index contributed by atoms with van der Waals surface area (Å²) >= 11 is 0. The Morgan fingerprint density at radius 1 is 1.52 bits per heavy atom. The summed E-state index contributed by atoms with van der Waals surface area (Å²) in [4.78, 5) is 11.4. The first kappa shape index (κ1) is 15.3. The lowest BCUT2D eigenvalue weighted by Gasteiger charge is -2.14. The van der Waals surface area contributed by atoms with Gasteiger partial charge in [-0.25, -0.2) is 0 Å². The van der Waals surface area contributed by atoms with Gasteiger partial charge in [-0.2, -0.15) is 5.26 Å². The van der Waals surface area contributed by atoms with Crippen LogP contribution in [0.15, 0.2) is 18.2 Å². The SMILES string of the molecule is CCCNC1CCc2cc(OCC(=O)NCC#N)ccc21. The number of nitrogens with zero attached hydrogens (tertiary/aromatic N) is 1. The molecule has 1 aliphatic rings. The van der Waals surface area contributed by atoms with Crippen LogP contribution in [0.1, 0.15) is 36.9 Å². The highest BCUT2D eigenvalue weighted by Gasteiger charge is 2.22. The molecule has 1 aromatic carbocycles. The lowest BCUT2D eigenvalue weighted by molar-refractivity contribution is -0.122. The van der Waals surface area contributed by atoms with Crippen molar-refractivity contribution in [3.63, 3.8) is 0 Å². The fourth-order valence-corrected chi connectivity index (χ4v) is 2.55. The van der Waals surface area contributed by atoms with Gasteiger partial charge in [0, 0.05) is 6.04 Å². The molecule has 1 unspecified atom stereocenters. The molecule has 0 fully saturated rings. The number of ether oxygens (including phenoxy) is 1. The first-order valence-corrected chi connectivity index (χ1v) is 7.37. The number of carbonyl (C=O) groups excluding carboxylic acids is 1. The Morgan fingerprint density at radius 2 is 2.38 bits per heavy atom. The van der Waals surface area contributed by atoms with Crippen LogP contribution >= 0.6 is 0 Å².